The Morgan fingerprint density at radius 3 is 2.70 bits per heavy atom. The fraction of sp³-hybridized carbons (Fsp3) is 0.480. The average molecular weight is 456 g/mol. The van der Waals surface area contributed by atoms with Crippen LogP contribution in [0.15, 0.2) is 40.7 Å². The minimum atomic E-state index is -0.605. The maximum Gasteiger partial charge on any atom is 0.336 e. The Hall–Kier alpha value is -3.13. The summed E-state index contributed by atoms with van der Waals surface area (Å²) in [6.45, 7) is 3.99. The Kier molecular flexibility index (Phi) is 6.83. The number of rotatable bonds is 6. The molecule has 1 saturated heterocycles. The third kappa shape index (κ3) is 4.80. The molecule has 1 aliphatic carbocycles. The van der Waals surface area contributed by atoms with Crippen LogP contribution in [0.2, 0.25) is 0 Å². The number of hydrogen-bond donors (Lipinski definition) is 1. The van der Waals surface area contributed by atoms with Gasteiger partial charge < -0.3 is 24.3 Å². The Morgan fingerprint density at radius 1 is 1.18 bits per heavy atom. The van der Waals surface area contributed by atoms with Gasteiger partial charge in [-0.1, -0.05) is 6.07 Å². The van der Waals surface area contributed by atoms with Crippen LogP contribution in [0, 0.1) is 0 Å². The van der Waals surface area contributed by atoms with E-state index in [4.69, 9.17) is 18.9 Å². The molecule has 1 aromatic rings. The van der Waals surface area contributed by atoms with Crippen LogP contribution >= 0.6 is 0 Å². The van der Waals surface area contributed by atoms with Crippen molar-refractivity contribution in [1.29, 1.82) is 0 Å². The molecule has 3 aliphatic rings. The van der Waals surface area contributed by atoms with Crippen LogP contribution in [-0.4, -0.2) is 44.1 Å². The Morgan fingerprint density at radius 2 is 2.00 bits per heavy atom. The standard InChI is InChI=1S/C25H29NO7/c1-14-22(25(29)32-13-17-6-5-11-31-17)23(24-18(26-14)7-4-8-19(24)28)16-9-10-20(33-15(2)27)21(12-16)30-3/h9-10,12,17,23,26H,4-8,11,13H2,1-3H3/t17-,23+/m0/s1. The van der Waals surface area contributed by atoms with Gasteiger partial charge in [0.25, 0.3) is 0 Å². The Bertz CT molecular complexity index is 1030. The van der Waals surface area contributed by atoms with E-state index in [1.165, 1.54) is 14.0 Å². The zero-order valence-corrected chi connectivity index (χ0v) is 19.2. The molecule has 2 heterocycles. The number of ether oxygens (including phenoxy) is 4. The summed E-state index contributed by atoms with van der Waals surface area (Å²) in [7, 11) is 1.48. The van der Waals surface area contributed by atoms with E-state index in [1.807, 2.05) is 6.92 Å². The first-order chi connectivity index (χ1) is 15.9. The second-order valence-electron chi connectivity index (χ2n) is 8.50. The molecule has 0 saturated carbocycles. The molecule has 4 rings (SSSR count). The second kappa shape index (κ2) is 9.79. The molecule has 2 aliphatic heterocycles. The van der Waals surface area contributed by atoms with Crippen molar-refractivity contribution >= 4 is 17.7 Å². The molecule has 0 amide bonds. The van der Waals surface area contributed by atoms with E-state index < -0.39 is 17.9 Å². The summed E-state index contributed by atoms with van der Waals surface area (Å²) in [5.41, 5.74) is 3.17. The highest BCUT2D eigenvalue weighted by Gasteiger charge is 2.39. The van der Waals surface area contributed by atoms with Crippen LogP contribution in [0.5, 0.6) is 11.5 Å². The normalized spacial score (nSPS) is 22.6. The molecule has 0 bridgehead atoms. The highest BCUT2D eigenvalue weighted by Crippen LogP contribution is 2.44. The SMILES string of the molecule is COc1cc([C@@H]2C(C(=O)OC[C@@H]3CCCO3)=C(C)NC3=C2C(=O)CCC3)ccc1OC(C)=O. The number of carbonyl (C=O) groups is 3. The van der Waals surface area contributed by atoms with Crippen LogP contribution in [0.25, 0.3) is 0 Å². The number of carbonyl (C=O) groups excluding carboxylic acids is 3. The summed E-state index contributed by atoms with van der Waals surface area (Å²) in [5.74, 6) is -0.926. The monoisotopic (exact) mass is 455 g/mol. The Labute approximate surface area is 192 Å². The number of esters is 2. The number of ketones is 1. The largest absolute Gasteiger partial charge is 0.493 e. The molecular formula is C25H29NO7. The number of allylic oxidation sites excluding steroid dienone is 3. The van der Waals surface area contributed by atoms with Gasteiger partial charge in [0.2, 0.25) is 0 Å². The third-order valence-electron chi connectivity index (χ3n) is 6.19. The van der Waals surface area contributed by atoms with Crippen molar-refractivity contribution < 1.29 is 33.3 Å². The summed E-state index contributed by atoms with van der Waals surface area (Å²) in [6, 6.07) is 5.08. The summed E-state index contributed by atoms with van der Waals surface area (Å²) in [4.78, 5) is 37.8. The van der Waals surface area contributed by atoms with Gasteiger partial charge in [-0.15, -0.1) is 0 Å². The molecule has 2 atom stereocenters. The lowest BCUT2D eigenvalue weighted by Crippen LogP contribution is -2.35. The highest BCUT2D eigenvalue weighted by atomic mass is 16.6. The number of Topliss-reactive ketones (excluding diaryl/α,β-unsaturated/α-hetero) is 1. The lowest BCUT2D eigenvalue weighted by Gasteiger charge is -2.34. The van der Waals surface area contributed by atoms with Gasteiger partial charge >= 0.3 is 11.9 Å². The van der Waals surface area contributed by atoms with Crippen molar-refractivity contribution in [1.82, 2.24) is 5.32 Å². The molecule has 0 radical (unpaired) electrons. The van der Waals surface area contributed by atoms with Gasteiger partial charge in [-0.05, 0) is 50.3 Å². The molecular weight excluding hydrogens is 426 g/mol. The van der Waals surface area contributed by atoms with Gasteiger partial charge in [0.1, 0.15) is 6.61 Å². The zero-order valence-electron chi connectivity index (χ0n) is 19.2. The number of benzene rings is 1. The first kappa shape index (κ1) is 23.0. The zero-order chi connectivity index (χ0) is 23.5. The lowest BCUT2D eigenvalue weighted by atomic mass is 9.75. The predicted molar refractivity (Wildman–Crippen MR) is 119 cm³/mol. The Balaban J connectivity index is 1.73. The number of methoxy groups -OCH3 is 1. The van der Waals surface area contributed by atoms with Crippen LogP contribution in [-0.2, 0) is 23.9 Å². The smallest absolute Gasteiger partial charge is 0.336 e. The van der Waals surface area contributed by atoms with Gasteiger partial charge in [0, 0.05) is 42.8 Å². The second-order valence-corrected chi connectivity index (χ2v) is 8.50. The molecule has 0 unspecified atom stereocenters. The minimum Gasteiger partial charge on any atom is -0.493 e. The lowest BCUT2D eigenvalue weighted by molar-refractivity contribution is -0.142. The third-order valence-corrected chi connectivity index (χ3v) is 6.19. The first-order valence-electron chi connectivity index (χ1n) is 11.3. The van der Waals surface area contributed by atoms with Gasteiger partial charge in [-0.25, -0.2) is 4.79 Å². The van der Waals surface area contributed by atoms with Crippen molar-refractivity contribution in [2.75, 3.05) is 20.3 Å². The molecule has 0 aromatic heterocycles. The molecule has 8 heteroatoms. The number of dihydropyridines is 1. The first-order valence-corrected chi connectivity index (χ1v) is 11.3. The maximum absolute atomic E-state index is 13.3. The van der Waals surface area contributed by atoms with Gasteiger partial charge in [-0.2, -0.15) is 0 Å². The molecule has 1 N–H and O–H groups in total. The molecule has 176 valence electrons. The van der Waals surface area contributed by atoms with Crippen LogP contribution < -0.4 is 14.8 Å². The van der Waals surface area contributed by atoms with Gasteiger partial charge in [-0.3, -0.25) is 9.59 Å². The summed E-state index contributed by atoms with van der Waals surface area (Å²) < 4.78 is 21.9. The van der Waals surface area contributed by atoms with Crippen molar-refractivity contribution in [2.45, 2.75) is 58.0 Å². The van der Waals surface area contributed by atoms with E-state index in [0.717, 1.165) is 31.4 Å². The van der Waals surface area contributed by atoms with E-state index in [1.54, 1.807) is 18.2 Å². The molecule has 1 fully saturated rings. The van der Waals surface area contributed by atoms with Crippen molar-refractivity contribution in [2.24, 2.45) is 0 Å². The molecule has 0 spiro atoms. The topological polar surface area (TPSA) is 100 Å². The maximum atomic E-state index is 13.3. The van der Waals surface area contributed by atoms with Crippen molar-refractivity contribution in [3.63, 3.8) is 0 Å². The van der Waals surface area contributed by atoms with Crippen molar-refractivity contribution in [3.8, 4) is 11.5 Å². The van der Waals surface area contributed by atoms with Gasteiger partial charge in [0.15, 0.2) is 17.3 Å². The van der Waals surface area contributed by atoms with E-state index >= 15 is 0 Å². The highest BCUT2D eigenvalue weighted by molar-refractivity contribution is 6.03. The fourth-order valence-electron chi connectivity index (χ4n) is 4.71. The summed E-state index contributed by atoms with van der Waals surface area (Å²) in [6.07, 6.45) is 3.63. The van der Waals surface area contributed by atoms with Crippen LogP contribution in [0.1, 0.15) is 57.4 Å². The minimum absolute atomic E-state index is 0.00806. The van der Waals surface area contributed by atoms with E-state index in [-0.39, 0.29) is 24.2 Å². The average Bonchev–Trinajstić information content (AvgIpc) is 3.30. The number of nitrogens with one attached hydrogen (secondary N) is 1. The number of hydrogen-bond acceptors (Lipinski definition) is 8. The fourth-order valence-corrected chi connectivity index (χ4v) is 4.71. The molecule has 8 nitrogen and oxygen atoms in total. The summed E-state index contributed by atoms with van der Waals surface area (Å²) >= 11 is 0. The van der Waals surface area contributed by atoms with E-state index in [9.17, 15) is 14.4 Å². The summed E-state index contributed by atoms with van der Waals surface area (Å²) in [5, 5.41) is 3.28. The molecule has 33 heavy (non-hydrogen) atoms. The van der Waals surface area contributed by atoms with E-state index in [2.05, 4.69) is 5.32 Å². The van der Waals surface area contributed by atoms with E-state index in [0.29, 0.717) is 41.2 Å². The van der Waals surface area contributed by atoms with Gasteiger partial charge in [0.05, 0.1) is 18.8 Å². The predicted octanol–water partition coefficient (Wildman–Crippen LogP) is 3.31. The quantitative estimate of drug-likeness (QED) is 0.515. The van der Waals surface area contributed by atoms with Crippen LogP contribution in [0.4, 0.5) is 0 Å². The molecule has 1 aromatic carbocycles. The van der Waals surface area contributed by atoms with Crippen molar-refractivity contribution in [3.05, 3.63) is 46.3 Å². The van der Waals surface area contributed by atoms with Crippen LogP contribution in [0.3, 0.4) is 0 Å².